The van der Waals surface area contributed by atoms with Gasteiger partial charge in [-0.3, -0.25) is 9.59 Å². The molecule has 5 nitrogen and oxygen atoms in total. The fourth-order valence-corrected chi connectivity index (χ4v) is 3.81. The second kappa shape index (κ2) is 12.5. The lowest BCUT2D eigenvalue weighted by Gasteiger charge is -2.12. The van der Waals surface area contributed by atoms with E-state index in [0.29, 0.717) is 16.4 Å². The minimum absolute atomic E-state index is 0.0823. The van der Waals surface area contributed by atoms with Crippen molar-refractivity contribution in [3.8, 4) is 5.75 Å². The Morgan fingerprint density at radius 1 is 1.34 bits per heavy atom. The fraction of sp³-hybridized carbons (Fsp3) is 0.429. The molecular weight excluding hydrogens is 413 g/mol. The van der Waals surface area contributed by atoms with Gasteiger partial charge in [0.05, 0.1) is 16.8 Å². The van der Waals surface area contributed by atoms with Crippen LogP contribution in [-0.4, -0.2) is 27.8 Å². The highest BCUT2D eigenvalue weighted by Crippen LogP contribution is 2.25. The van der Waals surface area contributed by atoms with Gasteiger partial charge in [0.2, 0.25) is 0 Å². The highest BCUT2D eigenvalue weighted by molar-refractivity contribution is 8.03. The lowest BCUT2D eigenvalue weighted by atomic mass is 10.1. The van der Waals surface area contributed by atoms with Crippen molar-refractivity contribution in [2.45, 2.75) is 40.5 Å². The Morgan fingerprint density at radius 3 is 2.59 bits per heavy atom. The third-order valence-electron chi connectivity index (χ3n) is 4.21. The van der Waals surface area contributed by atoms with Gasteiger partial charge in [0.25, 0.3) is 5.91 Å². The summed E-state index contributed by atoms with van der Waals surface area (Å²) in [6.45, 7) is 6.76. The molecule has 0 aromatic carbocycles. The van der Waals surface area contributed by atoms with Crippen LogP contribution in [0.2, 0.25) is 0 Å². The van der Waals surface area contributed by atoms with E-state index < -0.39 is 17.8 Å². The number of halogens is 1. The summed E-state index contributed by atoms with van der Waals surface area (Å²) in [6, 6.07) is 1.45. The van der Waals surface area contributed by atoms with E-state index in [4.69, 9.17) is 5.11 Å². The molecule has 0 aliphatic heterocycles. The van der Waals surface area contributed by atoms with Crippen molar-refractivity contribution >= 4 is 35.0 Å². The van der Waals surface area contributed by atoms with Crippen LogP contribution in [0.15, 0.2) is 46.1 Å². The molecule has 8 heteroatoms. The first-order chi connectivity index (χ1) is 13.6. The van der Waals surface area contributed by atoms with Crippen molar-refractivity contribution in [2.75, 3.05) is 5.75 Å². The van der Waals surface area contributed by atoms with Crippen LogP contribution in [0, 0.1) is 11.8 Å². The number of hydrogen-bond donors (Lipinski definition) is 3. The molecule has 0 fully saturated rings. The first-order valence-corrected chi connectivity index (χ1v) is 11.1. The van der Waals surface area contributed by atoms with E-state index in [9.17, 15) is 19.1 Å². The molecule has 0 radical (unpaired) electrons. The first kappa shape index (κ1) is 25.0. The van der Waals surface area contributed by atoms with E-state index >= 15 is 0 Å². The molecular formula is C21H28FNO4S2. The molecule has 1 aromatic heterocycles. The fourth-order valence-electron chi connectivity index (χ4n) is 2.05. The van der Waals surface area contributed by atoms with Gasteiger partial charge in [-0.15, -0.1) is 23.1 Å². The quantitative estimate of drug-likeness (QED) is 0.383. The predicted octanol–water partition coefficient (Wildman–Crippen LogP) is 5.71. The van der Waals surface area contributed by atoms with Crippen LogP contribution in [-0.2, 0) is 4.79 Å². The van der Waals surface area contributed by atoms with Gasteiger partial charge in [-0.2, -0.15) is 0 Å². The van der Waals surface area contributed by atoms with E-state index in [-0.39, 0.29) is 28.8 Å². The van der Waals surface area contributed by atoms with Crippen molar-refractivity contribution < 1.29 is 24.2 Å². The van der Waals surface area contributed by atoms with Gasteiger partial charge in [-0.1, -0.05) is 32.1 Å². The number of nitrogens with one attached hydrogen (secondary N) is 1. The van der Waals surface area contributed by atoms with Crippen molar-refractivity contribution in [1.29, 1.82) is 0 Å². The standard InChI is InChI=1S/C21H28FNO4S2/c1-13(5-6-14(2)16(4)22)9-11-28-18(8-7-15(3)21(26)27)23-20(25)19-17(24)10-12-29-19/h5-6,8,10,12-13,15,24H,7,9,11H2,1-4H3,(H,23,25)(H,26,27). The smallest absolute Gasteiger partial charge is 0.306 e. The Bertz CT molecular complexity index is 794. The number of aromatic hydroxyl groups is 1. The van der Waals surface area contributed by atoms with Crippen molar-refractivity contribution in [3.63, 3.8) is 0 Å². The number of carbonyl (C=O) groups is 2. The molecule has 0 saturated carbocycles. The average molecular weight is 442 g/mol. The molecule has 0 bridgehead atoms. The SMILES string of the molecule is CC(F)=C(C)C=CC(C)CCSC(=CCC(C)C(=O)O)NC(=O)c1sccc1O. The Balaban J connectivity index is 2.72. The van der Waals surface area contributed by atoms with Crippen molar-refractivity contribution in [3.05, 3.63) is 51.0 Å². The number of thioether (sulfide) groups is 1. The van der Waals surface area contributed by atoms with Crippen LogP contribution in [0.4, 0.5) is 4.39 Å². The zero-order chi connectivity index (χ0) is 22.0. The molecule has 1 heterocycles. The summed E-state index contributed by atoms with van der Waals surface area (Å²) in [5.74, 6) is -1.29. The molecule has 0 aliphatic carbocycles. The number of rotatable bonds is 11. The monoisotopic (exact) mass is 441 g/mol. The van der Waals surface area contributed by atoms with Gasteiger partial charge >= 0.3 is 5.97 Å². The number of hydrogen-bond acceptors (Lipinski definition) is 5. The van der Waals surface area contributed by atoms with Gasteiger partial charge in [0, 0.05) is 0 Å². The summed E-state index contributed by atoms with van der Waals surface area (Å²) in [7, 11) is 0. The molecule has 0 aliphatic rings. The molecule has 3 N–H and O–H groups in total. The van der Waals surface area contributed by atoms with Gasteiger partial charge in [-0.05, 0) is 55.4 Å². The number of thiophene rings is 1. The maximum Gasteiger partial charge on any atom is 0.306 e. The van der Waals surface area contributed by atoms with E-state index in [1.165, 1.54) is 24.8 Å². The number of carboxylic acid groups (broad SMARTS) is 1. The van der Waals surface area contributed by atoms with Crippen LogP contribution < -0.4 is 5.32 Å². The third-order valence-corrected chi connectivity index (χ3v) is 6.14. The minimum Gasteiger partial charge on any atom is -0.506 e. The van der Waals surface area contributed by atoms with Crippen molar-refractivity contribution in [1.82, 2.24) is 5.32 Å². The van der Waals surface area contributed by atoms with Crippen LogP contribution in [0.3, 0.4) is 0 Å². The molecule has 1 amide bonds. The summed E-state index contributed by atoms with van der Waals surface area (Å²) < 4.78 is 13.1. The Hall–Kier alpha value is -2.06. The molecule has 2 unspecified atom stereocenters. The lowest BCUT2D eigenvalue weighted by Crippen LogP contribution is -2.21. The number of allylic oxidation sites excluding steroid dienone is 5. The third kappa shape index (κ3) is 9.32. The summed E-state index contributed by atoms with van der Waals surface area (Å²) in [5, 5.41) is 23.7. The minimum atomic E-state index is -0.904. The highest BCUT2D eigenvalue weighted by atomic mass is 32.2. The normalized spacial score (nSPS) is 15.1. The Labute approximate surface area is 179 Å². The number of carbonyl (C=O) groups excluding carboxylic acids is 1. The average Bonchev–Trinajstić information content (AvgIpc) is 3.09. The van der Waals surface area contributed by atoms with E-state index in [0.717, 1.165) is 17.8 Å². The Morgan fingerprint density at radius 2 is 2.03 bits per heavy atom. The Kier molecular flexibility index (Phi) is 10.8. The lowest BCUT2D eigenvalue weighted by molar-refractivity contribution is -0.140. The summed E-state index contributed by atoms with van der Waals surface area (Å²) in [6.07, 6.45) is 6.48. The largest absolute Gasteiger partial charge is 0.506 e. The number of aliphatic carboxylic acids is 1. The zero-order valence-corrected chi connectivity index (χ0v) is 18.7. The van der Waals surface area contributed by atoms with Gasteiger partial charge in [0.15, 0.2) is 0 Å². The number of carboxylic acids is 1. The summed E-state index contributed by atoms with van der Waals surface area (Å²) in [5.41, 5.74) is 0.593. The van der Waals surface area contributed by atoms with Crippen molar-refractivity contribution in [2.24, 2.45) is 11.8 Å². The summed E-state index contributed by atoms with van der Waals surface area (Å²) in [4.78, 5) is 23.6. The molecule has 1 aromatic rings. The topological polar surface area (TPSA) is 86.6 Å². The first-order valence-electron chi connectivity index (χ1n) is 9.26. The van der Waals surface area contributed by atoms with Gasteiger partial charge < -0.3 is 15.5 Å². The predicted molar refractivity (Wildman–Crippen MR) is 118 cm³/mol. The number of amides is 1. The maximum absolute atomic E-state index is 13.1. The van der Waals surface area contributed by atoms with Gasteiger partial charge in [0.1, 0.15) is 10.6 Å². The summed E-state index contributed by atoms with van der Waals surface area (Å²) >= 11 is 2.55. The second-order valence-corrected chi connectivity index (χ2v) is 8.88. The zero-order valence-electron chi connectivity index (χ0n) is 17.1. The molecule has 0 saturated heterocycles. The molecule has 1 rings (SSSR count). The molecule has 2 atom stereocenters. The molecule has 0 spiro atoms. The highest BCUT2D eigenvalue weighted by Gasteiger charge is 2.15. The van der Waals surface area contributed by atoms with Gasteiger partial charge in [-0.25, -0.2) is 4.39 Å². The van der Waals surface area contributed by atoms with Crippen LogP contribution in [0.1, 0.15) is 50.2 Å². The maximum atomic E-state index is 13.1. The van der Waals surface area contributed by atoms with Crippen LogP contribution in [0.5, 0.6) is 5.75 Å². The van der Waals surface area contributed by atoms with Crippen LogP contribution in [0.25, 0.3) is 0 Å². The van der Waals surface area contributed by atoms with E-state index in [1.807, 2.05) is 13.0 Å². The van der Waals surface area contributed by atoms with E-state index in [1.54, 1.807) is 31.4 Å². The van der Waals surface area contributed by atoms with E-state index in [2.05, 4.69) is 5.32 Å². The van der Waals surface area contributed by atoms with Crippen LogP contribution >= 0.6 is 23.1 Å². The molecule has 29 heavy (non-hydrogen) atoms. The second-order valence-electron chi connectivity index (χ2n) is 6.82. The molecule has 160 valence electrons.